The maximum Gasteiger partial charge on any atom is 0.270 e. The molecule has 2 aromatic carbocycles. The van der Waals surface area contributed by atoms with Crippen LogP contribution in [0.2, 0.25) is 0 Å². The first-order valence-corrected chi connectivity index (χ1v) is 9.50. The SMILES string of the molecule is Cc1ccc(-n2nc3c(c2NC(=O)c2cccc([N+](=O)[O-])c2)CSC3)cc1. The average molecular weight is 380 g/mol. The Morgan fingerprint density at radius 3 is 2.74 bits per heavy atom. The summed E-state index contributed by atoms with van der Waals surface area (Å²) >= 11 is 1.74. The molecule has 0 spiro atoms. The molecule has 1 aromatic heterocycles. The summed E-state index contributed by atoms with van der Waals surface area (Å²) in [5.41, 5.74) is 4.07. The number of amides is 1. The number of carbonyl (C=O) groups is 1. The molecule has 1 aliphatic rings. The van der Waals surface area contributed by atoms with Gasteiger partial charge in [-0.15, -0.1) is 0 Å². The van der Waals surface area contributed by atoms with Gasteiger partial charge in [-0.3, -0.25) is 14.9 Å². The van der Waals surface area contributed by atoms with E-state index in [0.717, 1.165) is 34.0 Å². The van der Waals surface area contributed by atoms with Gasteiger partial charge in [0.1, 0.15) is 5.82 Å². The van der Waals surface area contributed by atoms with Gasteiger partial charge in [-0.1, -0.05) is 23.8 Å². The van der Waals surface area contributed by atoms with Gasteiger partial charge in [-0.05, 0) is 25.1 Å². The van der Waals surface area contributed by atoms with Crippen LogP contribution in [0.25, 0.3) is 5.69 Å². The normalized spacial score (nSPS) is 12.6. The van der Waals surface area contributed by atoms with Crippen LogP contribution in [0.3, 0.4) is 0 Å². The maximum absolute atomic E-state index is 12.7. The molecule has 7 nitrogen and oxygen atoms in total. The Labute approximate surface area is 159 Å². The third-order valence-electron chi connectivity index (χ3n) is 4.38. The van der Waals surface area contributed by atoms with Crippen molar-refractivity contribution in [2.24, 2.45) is 0 Å². The molecule has 0 saturated heterocycles. The third kappa shape index (κ3) is 3.31. The summed E-state index contributed by atoms with van der Waals surface area (Å²) in [5, 5.41) is 18.5. The van der Waals surface area contributed by atoms with E-state index in [4.69, 9.17) is 0 Å². The third-order valence-corrected chi connectivity index (χ3v) is 5.35. The number of fused-ring (bicyclic) bond motifs is 1. The number of benzene rings is 2. The minimum atomic E-state index is -0.512. The average Bonchev–Trinajstić information content (AvgIpc) is 3.25. The summed E-state index contributed by atoms with van der Waals surface area (Å²) in [6, 6.07) is 13.6. The number of hydrogen-bond acceptors (Lipinski definition) is 5. The van der Waals surface area contributed by atoms with Crippen molar-refractivity contribution in [2.75, 3.05) is 5.32 Å². The number of nitro groups is 1. The highest BCUT2D eigenvalue weighted by Crippen LogP contribution is 2.36. The van der Waals surface area contributed by atoms with Crippen molar-refractivity contribution >= 4 is 29.2 Å². The van der Waals surface area contributed by atoms with E-state index in [1.165, 1.54) is 18.2 Å². The molecule has 0 saturated carbocycles. The van der Waals surface area contributed by atoms with Gasteiger partial charge in [0.25, 0.3) is 11.6 Å². The van der Waals surface area contributed by atoms with Crippen molar-refractivity contribution in [1.29, 1.82) is 0 Å². The monoisotopic (exact) mass is 380 g/mol. The highest BCUT2D eigenvalue weighted by molar-refractivity contribution is 7.98. The largest absolute Gasteiger partial charge is 0.306 e. The second-order valence-electron chi connectivity index (χ2n) is 6.28. The molecular weight excluding hydrogens is 364 g/mol. The Kier molecular flexibility index (Phi) is 4.41. The van der Waals surface area contributed by atoms with Gasteiger partial charge in [0.05, 0.1) is 16.3 Å². The number of anilines is 1. The lowest BCUT2D eigenvalue weighted by molar-refractivity contribution is -0.384. The molecule has 136 valence electrons. The van der Waals surface area contributed by atoms with Crippen LogP contribution in [-0.2, 0) is 11.5 Å². The lowest BCUT2D eigenvalue weighted by Gasteiger charge is -2.11. The van der Waals surface area contributed by atoms with Gasteiger partial charge in [-0.25, -0.2) is 4.68 Å². The summed E-state index contributed by atoms with van der Waals surface area (Å²) in [5.74, 6) is 1.79. The zero-order valence-electron chi connectivity index (χ0n) is 14.5. The Balaban J connectivity index is 1.71. The van der Waals surface area contributed by atoms with Crippen molar-refractivity contribution in [1.82, 2.24) is 9.78 Å². The Morgan fingerprint density at radius 1 is 1.22 bits per heavy atom. The molecule has 0 unspecified atom stereocenters. The van der Waals surface area contributed by atoms with Gasteiger partial charge in [0, 0.05) is 34.8 Å². The minimum absolute atomic E-state index is 0.115. The summed E-state index contributed by atoms with van der Waals surface area (Å²) in [4.78, 5) is 23.2. The summed E-state index contributed by atoms with van der Waals surface area (Å²) in [7, 11) is 0. The number of thioether (sulfide) groups is 1. The first kappa shape index (κ1) is 17.3. The summed E-state index contributed by atoms with van der Waals surface area (Å²) in [6.45, 7) is 2.01. The van der Waals surface area contributed by atoms with Gasteiger partial charge in [0.2, 0.25) is 0 Å². The second kappa shape index (κ2) is 6.88. The van der Waals surface area contributed by atoms with Gasteiger partial charge < -0.3 is 5.32 Å². The predicted molar refractivity (Wildman–Crippen MR) is 104 cm³/mol. The zero-order valence-corrected chi connectivity index (χ0v) is 15.3. The number of aryl methyl sites for hydroxylation is 1. The molecule has 0 atom stereocenters. The van der Waals surface area contributed by atoms with Crippen molar-refractivity contribution < 1.29 is 9.72 Å². The Bertz CT molecular complexity index is 1040. The van der Waals surface area contributed by atoms with Gasteiger partial charge in [0.15, 0.2) is 0 Å². The van der Waals surface area contributed by atoms with Crippen LogP contribution in [-0.4, -0.2) is 20.6 Å². The van der Waals surface area contributed by atoms with Gasteiger partial charge in [-0.2, -0.15) is 16.9 Å². The van der Waals surface area contributed by atoms with E-state index < -0.39 is 10.8 Å². The van der Waals surface area contributed by atoms with E-state index in [2.05, 4.69) is 10.4 Å². The molecule has 0 bridgehead atoms. The van der Waals surface area contributed by atoms with Crippen molar-refractivity contribution in [3.05, 3.63) is 81.0 Å². The lowest BCUT2D eigenvalue weighted by Crippen LogP contribution is -2.16. The van der Waals surface area contributed by atoms with E-state index in [1.807, 2.05) is 31.2 Å². The lowest BCUT2D eigenvalue weighted by atomic mass is 10.2. The van der Waals surface area contributed by atoms with Crippen LogP contribution >= 0.6 is 11.8 Å². The molecule has 0 fully saturated rings. The molecule has 3 aromatic rings. The van der Waals surface area contributed by atoms with Crippen LogP contribution in [0.5, 0.6) is 0 Å². The molecule has 0 aliphatic carbocycles. The molecule has 8 heteroatoms. The molecule has 0 radical (unpaired) electrons. The van der Waals surface area contributed by atoms with Crippen molar-refractivity contribution in [3.63, 3.8) is 0 Å². The quantitative estimate of drug-likeness (QED) is 0.544. The van der Waals surface area contributed by atoms with Crippen LogP contribution in [0, 0.1) is 17.0 Å². The Morgan fingerprint density at radius 2 is 2.00 bits per heavy atom. The number of rotatable bonds is 4. The maximum atomic E-state index is 12.7. The van der Waals surface area contributed by atoms with E-state index in [-0.39, 0.29) is 11.3 Å². The predicted octanol–water partition coefficient (Wildman–Crippen LogP) is 4.09. The van der Waals surface area contributed by atoms with Crippen LogP contribution < -0.4 is 5.32 Å². The highest BCUT2D eigenvalue weighted by Gasteiger charge is 2.25. The number of carbonyl (C=O) groups excluding carboxylic acids is 1. The van der Waals surface area contributed by atoms with Crippen LogP contribution in [0.15, 0.2) is 48.5 Å². The van der Waals surface area contributed by atoms with Crippen LogP contribution in [0.1, 0.15) is 27.2 Å². The first-order chi connectivity index (χ1) is 13.0. The minimum Gasteiger partial charge on any atom is -0.306 e. The molecule has 4 rings (SSSR count). The number of nitrogens with zero attached hydrogens (tertiary/aromatic N) is 3. The molecular formula is C19H16N4O3S. The summed E-state index contributed by atoms with van der Waals surface area (Å²) in [6.07, 6.45) is 0. The van der Waals surface area contributed by atoms with E-state index in [9.17, 15) is 14.9 Å². The van der Waals surface area contributed by atoms with E-state index in [1.54, 1.807) is 22.5 Å². The van der Waals surface area contributed by atoms with Gasteiger partial charge >= 0.3 is 0 Å². The summed E-state index contributed by atoms with van der Waals surface area (Å²) < 4.78 is 1.74. The smallest absolute Gasteiger partial charge is 0.270 e. The highest BCUT2D eigenvalue weighted by atomic mass is 32.2. The number of nitrogens with one attached hydrogen (secondary N) is 1. The topological polar surface area (TPSA) is 90.1 Å². The first-order valence-electron chi connectivity index (χ1n) is 8.34. The van der Waals surface area contributed by atoms with Crippen LogP contribution in [0.4, 0.5) is 11.5 Å². The molecule has 27 heavy (non-hydrogen) atoms. The van der Waals surface area contributed by atoms with Crippen molar-refractivity contribution in [2.45, 2.75) is 18.4 Å². The molecule has 1 amide bonds. The number of aromatic nitrogens is 2. The Hall–Kier alpha value is -3.13. The zero-order chi connectivity index (χ0) is 19.0. The molecule has 2 heterocycles. The molecule has 1 aliphatic heterocycles. The standard InChI is InChI=1S/C19H16N4O3S/c1-12-5-7-14(8-6-12)22-18(16-10-27-11-17(16)21-22)20-19(24)13-3-2-4-15(9-13)23(25)26/h2-9H,10-11H2,1H3,(H,20,24). The van der Waals surface area contributed by atoms with Crippen molar-refractivity contribution in [3.8, 4) is 5.69 Å². The number of hydrogen-bond donors (Lipinski definition) is 1. The fourth-order valence-corrected chi connectivity index (χ4v) is 3.99. The second-order valence-corrected chi connectivity index (χ2v) is 7.26. The fraction of sp³-hybridized carbons (Fsp3) is 0.158. The number of non-ortho nitro benzene ring substituents is 1. The molecule has 1 N–H and O–H groups in total. The number of nitro benzene ring substituents is 1. The van der Waals surface area contributed by atoms with E-state index in [0.29, 0.717) is 5.82 Å². The fourth-order valence-electron chi connectivity index (χ4n) is 2.95. The van der Waals surface area contributed by atoms with E-state index >= 15 is 0 Å².